The summed E-state index contributed by atoms with van der Waals surface area (Å²) in [6.07, 6.45) is 0.507. The Labute approximate surface area is 455 Å². The zero-order chi connectivity index (χ0) is 55.1. The lowest BCUT2D eigenvalue weighted by atomic mass is 9.90. The Morgan fingerprint density at radius 3 is 1.57 bits per heavy atom. The zero-order valence-electron chi connectivity index (χ0n) is 43.7. The number of rotatable bonds is 16. The number of methoxy groups -OCH3 is 2. The van der Waals surface area contributed by atoms with Gasteiger partial charge in [-0.05, 0) is 120 Å². The van der Waals surface area contributed by atoms with Gasteiger partial charge in [-0.2, -0.15) is 0 Å². The standard InChI is InChI=1S/C27H24FNO3S.C25H21ClFNO3S.C8H15BO2/c1-4-17-12-22(20-15-33-27-19(20)6-5-7-21(27)28)29-23(13-17)25(31)11-10-24(30)18-9-8-16(2)26(14-18)32-3;1-14-6-7-15(10-24(14)31-2)22(29)8-9-23(30)21-12-16(26)11-20(28-21)18-13-32-25-17(18)4-3-5-19(25)27;1-6-9-10-7(2,3)8(4,5)11-9/h4-9,12-15,25,31H,1,10-11H2,2-3H3;3-7,10-13,23,30H,8-9H2,1-2H3;6H,1H2,2-5H3. The molecule has 2 N–H and O–H groups in total. The molecule has 1 aliphatic rings. The van der Waals surface area contributed by atoms with E-state index in [9.17, 15) is 28.6 Å². The predicted molar refractivity (Wildman–Crippen MR) is 304 cm³/mol. The lowest BCUT2D eigenvalue weighted by molar-refractivity contribution is 0.00578. The van der Waals surface area contributed by atoms with Crippen molar-refractivity contribution in [3.63, 3.8) is 0 Å². The minimum atomic E-state index is -0.967. The molecule has 4 aromatic heterocycles. The smallest absolute Gasteiger partial charge is 0.486 e. The van der Waals surface area contributed by atoms with Crippen molar-refractivity contribution in [2.45, 2.75) is 90.6 Å². The molecular formula is C60H60BClF2N2O8S2. The molecule has 0 amide bonds. The molecule has 394 valence electrons. The van der Waals surface area contributed by atoms with Crippen LogP contribution in [0.15, 0.2) is 127 Å². The summed E-state index contributed by atoms with van der Waals surface area (Å²) in [5.41, 5.74) is 6.87. The van der Waals surface area contributed by atoms with E-state index in [0.29, 0.717) is 59.8 Å². The fraction of sp³-hybridized carbons (Fsp3) is 0.267. The van der Waals surface area contributed by atoms with E-state index in [1.165, 1.54) is 34.8 Å². The number of pyridine rings is 2. The molecule has 5 heterocycles. The summed E-state index contributed by atoms with van der Waals surface area (Å²) in [6, 6.07) is 27.4. The molecule has 0 spiro atoms. The number of ketones is 2. The molecule has 16 heteroatoms. The first-order chi connectivity index (χ1) is 36.2. The van der Waals surface area contributed by atoms with Crippen LogP contribution < -0.4 is 9.47 Å². The Kier molecular flexibility index (Phi) is 18.6. The number of aliphatic hydroxyl groups is 2. The first kappa shape index (κ1) is 57.3. The van der Waals surface area contributed by atoms with Crippen molar-refractivity contribution in [2.24, 2.45) is 0 Å². The van der Waals surface area contributed by atoms with E-state index in [-0.39, 0.29) is 67.2 Å². The molecule has 2 atom stereocenters. The quantitative estimate of drug-likeness (QED) is 0.0711. The van der Waals surface area contributed by atoms with Gasteiger partial charge < -0.3 is 29.0 Å². The second kappa shape index (κ2) is 24.7. The van der Waals surface area contributed by atoms with Gasteiger partial charge in [0, 0.05) is 61.7 Å². The van der Waals surface area contributed by atoms with E-state index in [2.05, 4.69) is 23.1 Å². The van der Waals surface area contributed by atoms with Crippen LogP contribution in [0, 0.1) is 25.5 Å². The number of hydrogen-bond donors (Lipinski definition) is 2. The highest BCUT2D eigenvalue weighted by Gasteiger charge is 2.49. The third-order valence-electron chi connectivity index (χ3n) is 13.5. The molecular weight excluding hydrogens is 1030 g/mol. The highest BCUT2D eigenvalue weighted by Crippen LogP contribution is 2.39. The normalized spacial score (nSPS) is 14.2. The maximum Gasteiger partial charge on any atom is 0.486 e. The van der Waals surface area contributed by atoms with Crippen LogP contribution in [0.1, 0.15) is 114 Å². The Morgan fingerprint density at radius 1 is 0.697 bits per heavy atom. The number of aliphatic hydroxyl groups excluding tert-OH is 2. The summed E-state index contributed by atoms with van der Waals surface area (Å²) in [5.74, 6) is 2.26. The number of benzene rings is 4. The first-order valence-electron chi connectivity index (χ1n) is 24.5. The molecule has 1 saturated heterocycles. The zero-order valence-corrected chi connectivity index (χ0v) is 46.1. The number of carbonyl (C=O) groups excluding carboxylic acids is 2. The summed E-state index contributed by atoms with van der Waals surface area (Å²) in [6.45, 7) is 19.4. The van der Waals surface area contributed by atoms with Crippen LogP contribution in [0.5, 0.6) is 11.5 Å². The van der Waals surface area contributed by atoms with Gasteiger partial charge in [0.2, 0.25) is 0 Å². The van der Waals surface area contributed by atoms with Gasteiger partial charge in [0.1, 0.15) is 23.1 Å². The molecule has 10 nitrogen and oxygen atoms in total. The number of halogens is 3. The van der Waals surface area contributed by atoms with Crippen molar-refractivity contribution < 1.29 is 47.4 Å². The van der Waals surface area contributed by atoms with Crippen molar-refractivity contribution in [3.8, 4) is 34.0 Å². The maximum absolute atomic E-state index is 14.1. The third-order valence-corrected chi connectivity index (χ3v) is 15.7. The molecule has 0 radical (unpaired) electrons. The summed E-state index contributed by atoms with van der Waals surface area (Å²) < 4.78 is 51.1. The Hall–Kier alpha value is -6.43. The fourth-order valence-electron chi connectivity index (χ4n) is 8.36. The number of aryl methyl sites for hydroxylation is 2. The summed E-state index contributed by atoms with van der Waals surface area (Å²) in [4.78, 5) is 34.5. The summed E-state index contributed by atoms with van der Waals surface area (Å²) in [7, 11) is 2.88. The summed E-state index contributed by atoms with van der Waals surface area (Å²) >= 11 is 8.91. The number of fused-ring (bicyclic) bond motifs is 2. The molecule has 2 unspecified atom stereocenters. The van der Waals surface area contributed by atoms with E-state index < -0.39 is 12.2 Å². The van der Waals surface area contributed by atoms with Crippen molar-refractivity contribution in [1.82, 2.24) is 9.97 Å². The van der Waals surface area contributed by atoms with E-state index in [1.54, 1.807) is 80.9 Å². The van der Waals surface area contributed by atoms with Crippen LogP contribution in [0.3, 0.4) is 0 Å². The number of Topliss-reactive ketones (excluding diaryl/α,β-unsaturated/α-hetero) is 2. The number of hydrogen-bond acceptors (Lipinski definition) is 12. The number of thiophene rings is 2. The van der Waals surface area contributed by atoms with Gasteiger partial charge in [-0.15, -0.1) is 29.3 Å². The number of carbonyl (C=O) groups is 2. The first-order valence-corrected chi connectivity index (χ1v) is 26.6. The second-order valence-corrected chi connectivity index (χ2v) is 21.4. The fourth-order valence-corrected chi connectivity index (χ4v) is 10.5. The largest absolute Gasteiger partial charge is 0.496 e. The SMILES string of the molecule is C=CB1OC(C)(C)C(C)(C)O1.C=Cc1cc(-c2csc3c(F)cccc23)nc(C(O)CCC(=O)c2ccc(C)c(OC)c2)c1.COc1cc(C(=O)CCC(O)c2cc(Cl)cc(-c3csc4c(F)cccc34)n2)ccc1C. The molecule has 0 aliphatic carbocycles. The molecule has 76 heavy (non-hydrogen) atoms. The average Bonchev–Trinajstić information content (AvgIpc) is 4.12. The van der Waals surface area contributed by atoms with E-state index in [4.69, 9.17) is 30.4 Å². The second-order valence-electron chi connectivity index (χ2n) is 19.2. The average molecular weight is 1090 g/mol. The van der Waals surface area contributed by atoms with Crippen LogP contribution in [-0.4, -0.2) is 64.3 Å². The summed E-state index contributed by atoms with van der Waals surface area (Å²) in [5, 5.41) is 27.2. The minimum absolute atomic E-state index is 0.0771. The highest BCUT2D eigenvalue weighted by molar-refractivity contribution is 7.18. The number of ether oxygens (including phenoxy) is 2. The van der Waals surface area contributed by atoms with Crippen LogP contribution >= 0.6 is 34.3 Å². The minimum Gasteiger partial charge on any atom is -0.496 e. The molecule has 1 aliphatic heterocycles. The molecule has 8 aromatic rings. The topological polar surface area (TPSA) is 137 Å². The van der Waals surface area contributed by atoms with Crippen molar-refractivity contribution in [2.75, 3.05) is 14.2 Å². The third kappa shape index (κ3) is 13.2. The van der Waals surface area contributed by atoms with Crippen LogP contribution in [0.25, 0.3) is 48.8 Å². The van der Waals surface area contributed by atoms with Gasteiger partial charge in [-0.3, -0.25) is 9.59 Å². The number of nitrogens with zero attached hydrogens (tertiary/aromatic N) is 2. The van der Waals surface area contributed by atoms with Gasteiger partial charge in [0.05, 0.1) is 69.8 Å². The Morgan fingerprint density at radius 2 is 1.14 bits per heavy atom. The molecule has 0 saturated carbocycles. The molecule has 1 fully saturated rings. The predicted octanol–water partition coefficient (Wildman–Crippen LogP) is 15.3. The highest BCUT2D eigenvalue weighted by atomic mass is 35.5. The van der Waals surface area contributed by atoms with E-state index in [1.807, 2.05) is 82.6 Å². The Balaban J connectivity index is 0.000000185. The van der Waals surface area contributed by atoms with Gasteiger partial charge in [0.25, 0.3) is 0 Å². The lowest BCUT2D eigenvalue weighted by Crippen LogP contribution is -2.41. The number of aromatic nitrogens is 2. The van der Waals surface area contributed by atoms with Crippen LogP contribution in [-0.2, 0) is 9.31 Å². The van der Waals surface area contributed by atoms with Gasteiger partial charge in [0.15, 0.2) is 11.6 Å². The Bertz CT molecular complexity index is 3420. The maximum atomic E-state index is 14.1. The molecule has 9 rings (SSSR count). The van der Waals surface area contributed by atoms with Crippen molar-refractivity contribution in [1.29, 1.82) is 0 Å². The van der Waals surface area contributed by atoms with E-state index >= 15 is 0 Å². The molecule has 0 bridgehead atoms. The van der Waals surface area contributed by atoms with Gasteiger partial charge >= 0.3 is 7.12 Å². The van der Waals surface area contributed by atoms with Crippen LogP contribution in [0.2, 0.25) is 5.02 Å². The van der Waals surface area contributed by atoms with Crippen molar-refractivity contribution >= 4 is 79.2 Å². The van der Waals surface area contributed by atoms with Crippen LogP contribution in [0.4, 0.5) is 8.78 Å². The monoisotopic (exact) mass is 1080 g/mol. The van der Waals surface area contributed by atoms with Gasteiger partial charge in [-0.25, -0.2) is 18.7 Å². The van der Waals surface area contributed by atoms with Crippen molar-refractivity contribution in [3.05, 3.63) is 183 Å². The molecule has 4 aromatic carbocycles. The lowest BCUT2D eigenvalue weighted by Gasteiger charge is -2.32. The van der Waals surface area contributed by atoms with E-state index in [0.717, 1.165) is 38.6 Å². The van der Waals surface area contributed by atoms with Gasteiger partial charge in [-0.1, -0.05) is 78.8 Å².